The maximum absolute atomic E-state index is 13.9. The Morgan fingerprint density at radius 2 is 1.29 bits per heavy atom. The number of hydrogen-bond acceptors (Lipinski definition) is 7. The van der Waals surface area contributed by atoms with Crippen LogP contribution in [0.2, 0.25) is 0 Å². The molecule has 48 heavy (non-hydrogen) atoms. The minimum absolute atomic E-state index is 0.0399. The third kappa shape index (κ3) is 10.6. The van der Waals surface area contributed by atoms with Crippen molar-refractivity contribution in [3.05, 3.63) is 71.8 Å². The smallest absolute Gasteiger partial charge is 0.245 e. The molecule has 262 valence electrons. The molecule has 8 N–H and O–H groups in total. The van der Waals surface area contributed by atoms with Crippen molar-refractivity contribution in [1.82, 2.24) is 20.9 Å². The van der Waals surface area contributed by atoms with Gasteiger partial charge >= 0.3 is 0 Å². The summed E-state index contributed by atoms with van der Waals surface area (Å²) in [6.07, 6.45) is 5.00. The van der Waals surface area contributed by atoms with Crippen LogP contribution >= 0.6 is 0 Å². The third-order valence-electron chi connectivity index (χ3n) is 9.42. The Balaban J connectivity index is 1.49. The molecule has 4 rings (SSSR count). The predicted molar refractivity (Wildman–Crippen MR) is 185 cm³/mol. The molecule has 2 aromatic carbocycles. The van der Waals surface area contributed by atoms with Gasteiger partial charge in [-0.15, -0.1) is 0 Å². The number of nitrogens with two attached hydrogens (primary N) is 2. The zero-order valence-corrected chi connectivity index (χ0v) is 28.4. The molecule has 11 heteroatoms. The Hall–Kier alpha value is -3.80. The van der Waals surface area contributed by atoms with E-state index in [-0.39, 0.29) is 30.3 Å². The van der Waals surface area contributed by atoms with Crippen molar-refractivity contribution < 1.29 is 24.3 Å². The average molecular weight is 663 g/mol. The number of carbonyl (C=O) groups is 4. The lowest BCUT2D eigenvalue weighted by molar-refractivity contribution is -0.142. The highest BCUT2D eigenvalue weighted by atomic mass is 16.3. The van der Waals surface area contributed by atoms with E-state index in [4.69, 9.17) is 11.5 Å². The largest absolute Gasteiger partial charge is 0.393 e. The van der Waals surface area contributed by atoms with E-state index in [1.807, 2.05) is 79.4 Å². The van der Waals surface area contributed by atoms with E-state index in [9.17, 15) is 24.3 Å². The summed E-state index contributed by atoms with van der Waals surface area (Å²) >= 11 is 0. The van der Waals surface area contributed by atoms with E-state index >= 15 is 0 Å². The van der Waals surface area contributed by atoms with Gasteiger partial charge in [-0.25, -0.2) is 0 Å². The highest BCUT2D eigenvalue weighted by Gasteiger charge is 2.45. The Bertz CT molecular complexity index is 1330. The van der Waals surface area contributed by atoms with Crippen molar-refractivity contribution in [2.45, 2.75) is 120 Å². The standard InChI is InChI=1S/C37H54N6O5/c1-24(2)19-32(35(46)40-31(15-9-10-18-38)37(48)43-27-16-17-28(43)23-29(44)22-27)42-36(47)33(21-26-13-7-4-8-14-26)41-34(45)30(39)20-25-11-5-3-6-12-25/h3-8,11-14,24,27-33,44H,9-10,15-23,38-39H2,1-2H3,(H,40,46)(H,41,45)(H,42,47). The number of benzene rings is 2. The first kappa shape index (κ1) is 37.0. The van der Waals surface area contributed by atoms with E-state index in [2.05, 4.69) is 16.0 Å². The number of aliphatic hydroxyl groups is 1. The maximum atomic E-state index is 13.9. The first-order valence-electron chi connectivity index (χ1n) is 17.5. The van der Waals surface area contributed by atoms with Crippen LogP contribution in [0.1, 0.15) is 76.3 Å². The van der Waals surface area contributed by atoms with Gasteiger partial charge in [0.05, 0.1) is 12.1 Å². The second-order valence-electron chi connectivity index (χ2n) is 13.8. The van der Waals surface area contributed by atoms with Crippen LogP contribution in [0, 0.1) is 5.92 Å². The molecule has 2 bridgehead atoms. The molecular weight excluding hydrogens is 608 g/mol. The van der Waals surface area contributed by atoms with E-state index in [0.717, 1.165) is 24.0 Å². The highest BCUT2D eigenvalue weighted by Crippen LogP contribution is 2.36. The number of hydrogen-bond donors (Lipinski definition) is 6. The molecule has 2 aliphatic heterocycles. The average Bonchev–Trinajstić information content (AvgIpc) is 3.34. The van der Waals surface area contributed by atoms with Crippen LogP contribution in [0.15, 0.2) is 60.7 Å². The van der Waals surface area contributed by atoms with Gasteiger partial charge in [-0.05, 0) is 81.4 Å². The van der Waals surface area contributed by atoms with E-state index in [0.29, 0.717) is 51.5 Å². The first-order chi connectivity index (χ1) is 23.0. The lowest BCUT2D eigenvalue weighted by atomic mass is 9.97. The Labute approximate surface area is 284 Å². The van der Waals surface area contributed by atoms with Crippen LogP contribution in [0.5, 0.6) is 0 Å². The minimum Gasteiger partial charge on any atom is -0.393 e. The van der Waals surface area contributed by atoms with Crippen LogP contribution in [0.4, 0.5) is 0 Å². The zero-order valence-electron chi connectivity index (χ0n) is 28.4. The molecule has 0 radical (unpaired) electrons. The Morgan fingerprint density at radius 1 is 0.771 bits per heavy atom. The molecule has 2 fully saturated rings. The van der Waals surface area contributed by atoms with Gasteiger partial charge in [0.1, 0.15) is 18.1 Å². The van der Waals surface area contributed by atoms with Gasteiger partial charge in [0, 0.05) is 18.5 Å². The second kappa shape index (κ2) is 18.1. The second-order valence-corrected chi connectivity index (χ2v) is 13.8. The fourth-order valence-corrected chi connectivity index (χ4v) is 6.98. The van der Waals surface area contributed by atoms with Gasteiger partial charge in [0.25, 0.3) is 0 Å². The molecule has 0 spiro atoms. The molecule has 0 saturated carbocycles. The lowest BCUT2D eigenvalue weighted by Gasteiger charge is -2.39. The molecule has 6 unspecified atom stereocenters. The number of fused-ring (bicyclic) bond motifs is 2. The van der Waals surface area contributed by atoms with E-state index in [1.165, 1.54) is 0 Å². The number of nitrogens with zero attached hydrogens (tertiary/aromatic N) is 1. The first-order valence-corrected chi connectivity index (χ1v) is 17.5. The topological polar surface area (TPSA) is 180 Å². The predicted octanol–water partition coefficient (Wildman–Crippen LogP) is 1.94. The normalized spacial score (nSPS) is 21.2. The molecule has 2 aliphatic rings. The van der Waals surface area contributed by atoms with Gasteiger partial charge in [-0.1, -0.05) is 74.5 Å². The van der Waals surface area contributed by atoms with Gasteiger partial charge in [0.2, 0.25) is 23.6 Å². The van der Waals surface area contributed by atoms with Gasteiger partial charge in [-0.2, -0.15) is 0 Å². The molecule has 2 heterocycles. The summed E-state index contributed by atoms with van der Waals surface area (Å²) in [6.45, 7) is 4.39. The highest BCUT2D eigenvalue weighted by molar-refractivity contribution is 5.95. The molecular formula is C37H54N6O5. The zero-order chi connectivity index (χ0) is 34.6. The lowest BCUT2D eigenvalue weighted by Crippen LogP contribution is -2.60. The maximum Gasteiger partial charge on any atom is 0.245 e. The number of carbonyl (C=O) groups excluding carboxylic acids is 4. The van der Waals surface area contributed by atoms with Crippen molar-refractivity contribution >= 4 is 23.6 Å². The molecule has 11 nitrogen and oxygen atoms in total. The molecule has 6 atom stereocenters. The summed E-state index contributed by atoms with van der Waals surface area (Å²) in [7, 11) is 0. The number of piperidine rings is 1. The van der Waals surface area contributed by atoms with E-state index in [1.54, 1.807) is 0 Å². The molecule has 0 aromatic heterocycles. The van der Waals surface area contributed by atoms with Crippen LogP contribution in [0.25, 0.3) is 0 Å². The number of amides is 4. The van der Waals surface area contributed by atoms with Crippen LogP contribution in [0.3, 0.4) is 0 Å². The quantitative estimate of drug-likeness (QED) is 0.140. The summed E-state index contributed by atoms with van der Waals surface area (Å²) < 4.78 is 0. The third-order valence-corrected chi connectivity index (χ3v) is 9.42. The fraction of sp³-hybridized carbons (Fsp3) is 0.568. The summed E-state index contributed by atoms with van der Waals surface area (Å²) in [5, 5.41) is 19.0. The summed E-state index contributed by atoms with van der Waals surface area (Å²) in [4.78, 5) is 56.9. The summed E-state index contributed by atoms with van der Waals surface area (Å²) in [5.41, 5.74) is 13.8. The minimum atomic E-state index is -0.985. The van der Waals surface area contributed by atoms with Crippen molar-refractivity contribution in [1.29, 1.82) is 0 Å². The monoisotopic (exact) mass is 662 g/mol. The van der Waals surface area contributed by atoms with Crippen LogP contribution in [-0.2, 0) is 32.0 Å². The molecule has 0 aliphatic carbocycles. The number of nitrogens with one attached hydrogen (secondary N) is 3. The number of aliphatic hydroxyl groups excluding tert-OH is 1. The van der Waals surface area contributed by atoms with Crippen molar-refractivity contribution in [3.63, 3.8) is 0 Å². The summed E-state index contributed by atoms with van der Waals surface area (Å²) in [6, 6.07) is 15.1. The van der Waals surface area contributed by atoms with Gasteiger partial charge in [-0.3, -0.25) is 19.2 Å². The van der Waals surface area contributed by atoms with Gasteiger partial charge < -0.3 is 37.4 Å². The number of unbranched alkanes of at least 4 members (excludes halogenated alkanes) is 1. The van der Waals surface area contributed by atoms with Crippen molar-refractivity contribution in [2.24, 2.45) is 17.4 Å². The summed E-state index contributed by atoms with van der Waals surface area (Å²) in [5.74, 6) is -1.51. The van der Waals surface area contributed by atoms with Gasteiger partial charge in [0.15, 0.2) is 0 Å². The van der Waals surface area contributed by atoms with Crippen molar-refractivity contribution in [2.75, 3.05) is 6.54 Å². The molecule has 2 aromatic rings. The Morgan fingerprint density at radius 3 is 1.85 bits per heavy atom. The molecule has 4 amide bonds. The fourth-order valence-electron chi connectivity index (χ4n) is 6.98. The van der Waals surface area contributed by atoms with E-state index < -0.39 is 48.0 Å². The van der Waals surface area contributed by atoms with Crippen LogP contribution < -0.4 is 27.4 Å². The van der Waals surface area contributed by atoms with Crippen LogP contribution in [-0.4, -0.2) is 82.5 Å². The van der Waals surface area contributed by atoms with Crippen molar-refractivity contribution in [3.8, 4) is 0 Å². The number of rotatable bonds is 17. The SMILES string of the molecule is CC(C)CC(NC(=O)C(Cc1ccccc1)NC(=O)C(N)Cc1ccccc1)C(=O)NC(CCCCN)C(=O)N1C2CCC1CC(O)C2. The Kier molecular flexibility index (Phi) is 14.0. The molecule has 2 saturated heterocycles.